The molecule has 4 rings (SSSR count). The van der Waals surface area contributed by atoms with Gasteiger partial charge in [-0.05, 0) is 55.5 Å². The van der Waals surface area contributed by atoms with E-state index < -0.39 is 0 Å². The Morgan fingerprint density at radius 1 is 0.966 bits per heavy atom. The first-order valence-electron chi connectivity index (χ1n) is 10.1. The zero-order valence-electron chi connectivity index (χ0n) is 16.2. The van der Waals surface area contributed by atoms with Crippen molar-refractivity contribution in [2.45, 2.75) is 32.2 Å². The van der Waals surface area contributed by atoms with E-state index in [0.717, 1.165) is 31.2 Å². The second-order valence-corrected chi connectivity index (χ2v) is 7.72. The molecule has 7 nitrogen and oxygen atoms in total. The van der Waals surface area contributed by atoms with Crippen molar-refractivity contribution in [2.75, 3.05) is 18.4 Å². The molecule has 3 amide bonds. The highest BCUT2D eigenvalue weighted by molar-refractivity contribution is 6.02. The smallest absolute Gasteiger partial charge is 0.291 e. The van der Waals surface area contributed by atoms with E-state index >= 15 is 0 Å². The van der Waals surface area contributed by atoms with Crippen molar-refractivity contribution in [3.8, 4) is 0 Å². The van der Waals surface area contributed by atoms with Gasteiger partial charge < -0.3 is 20.0 Å². The number of nitrogens with zero attached hydrogens (tertiary/aromatic N) is 1. The largest absolute Gasteiger partial charge is 0.459 e. The number of benzene rings is 1. The van der Waals surface area contributed by atoms with E-state index in [1.54, 1.807) is 24.3 Å². The molecule has 2 fully saturated rings. The molecular weight excluding hydrogens is 370 g/mol. The summed E-state index contributed by atoms with van der Waals surface area (Å²) in [6.45, 7) is 1.79. The van der Waals surface area contributed by atoms with Gasteiger partial charge in [-0.25, -0.2) is 0 Å². The predicted octanol–water partition coefficient (Wildman–Crippen LogP) is 2.80. The van der Waals surface area contributed by atoms with Gasteiger partial charge in [0, 0.05) is 37.2 Å². The zero-order valence-corrected chi connectivity index (χ0v) is 16.2. The minimum atomic E-state index is -0.303. The lowest BCUT2D eigenvalue weighted by Gasteiger charge is -2.31. The molecule has 1 saturated carbocycles. The number of hydrogen-bond donors (Lipinski definition) is 2. The summed E-state index contributed by atoms with van der Waals surface area (Å²) in [6.07, 6.45) is 4.94. The van der Waals surface area contributed by atoms with Crippen molar-refractivity contribution in [2.24, 2.45) is 11.8 Å². The van der Waals surface area contributed by atoms with Gasteiger partial charge in [0.1, 0.15) is 0 Å². The molecule has 0 bridgehead atoms. The maximum Gasteiger partial charge on any atom is 0.291 e. The average molecular weight is 395 g/mol. The van der Waals surface area contributed by atoms with Crippen LogP contribution in [0.25, 0.3) is 0 Å². The molecule has 2 N–H and O–H groups in total. The molecule has 7 heteroatoms. The first-order chi connectivity index (χ1) is 14.1. The minimum Gasteiger partial charge on any atom is -0.459 e. The first kappa shape index (κ1) is 19.2. The third-order valence-electron chi connectivity index (χ3n) is 5.53. The second-order valence-electron chi connectivity index (χ2n) is 7.72. The van der Waals surface area contributed by atoms with E-state index in [2.05, 4.69) is 10.6 Å². The van der Waals surface area contributed by atoms with Gasteiger partial charge in [-0.2, -0.15) is 0 Å². The van der Waals surface area contributed by atoms with Crippen LogP contribution in [0.5, 0.6) is 0 Å². The monoisotopic (exact) mass is 395 g/mol. The van der Waals surface area contributed by atoms with Gasteiger partial charge in [-0.3, -0.25) is 14.4 Å². The SMILES string of the molecule is O=C(Nc1ccc(CNC(=O)C2CCN(C(=O)C3CC3)CC2)cc1)c1ccco1. The molecule has 0 spiro atoms. The molecule has 1 aromatic heterocycles. The standard InChI is InChI=1S/C22H25N3O4/c26-20(16-9-11-25(12-10-16)22(28)17-5-6-17)23-14-15-3-7-18(8-4-15)24-21(27)19-2-1-13-29-19/h1-4,7-8,13,16-17H,5-6,9-12,14H2,(H,23,26)(H,24,27). The molecule has 1 aromatic carbocycles. The molecule has 0 unspecified atom stereocenters. The number of hydrogen-bond acceptors (Lipinski definition) is 4. The quantitative estimate of drug-likeness (QED) is 0.787. The number of amides is 3. The number of nitrogens with one attached hydrogen (secondary N) is 2. The molecule has 2 heterocycles. The lowest BCUT2D eigenvalue weighted by molar-refractivity contribution is -0.136. The molecule has 1 aliphatic heterocycles. The van der Waals surface area contributed by atoms with Gasteiger partial charge in [0.2, 0.25) is 11.8 Å². The number of carbonyl (C=O) groups excluding carboxylic acids is 3. The Morgan fingerprint density at radius 2 is 1.69 bits per heavy atom. The second kappa shape index (κ2) is 8.51. The Bertz CT molecular complexity index is 864. The highest BCUT2D eigenvalue weighted by Crippen LogP contribution is 2.32. The maximum atomic E-state index is 12.5. The Balaban J connectivity index is 1.21. The summed E-state index contributed by atoms with van der Waals surface area (Å²) in [5.74, 6) is 0.466. The first-order valence-corrected chi connectivity index (χ1v) is 10.1. The van der Waals surface area contributed by atoms with E-state index in [1.165, 1.54) is 6.26 Å². The molecule has 2 aromatic rings. The Labute approximate surface area is 169 Å². The van der Waals surface area contributed by atoms with Crippen LogP contribution >= 0.6 is 0 Å². The normalized spacial score (nSPS) is 17.0. The van der Waals surface area contributed by atoms with Gasteiger partial charge >= 0.3 is 0 Å². The summed E-state index contributed by atoms with van der Waals surface area (Å²) >= 11 is 0. The van der Waals surface area contributed by atoms with Crippen molar-refractivity contribution in [3.05, 3.63) is 54.0 Å². The van der Waals surface area contributed by atoms with E-state index in [-0.39, 0.29) is 35.3 Å². The van der Waals surface area contributed by atoms with Crippen LogP contribution in [-0.4, -0.2) is 35.7 Å². The van der Waals surface area contributed by atoms with Crippen LogP contribution in [-0.2, 0) is 16.1 Å². The molecule has 1 aliphatic carbocycles. The van der Waals surface area contributed by atoms with Gasteiger partial charge in [0.15, 0.2) is 5.76 Å². The van der Waals surface area contributed by atoms with Crippen molar-refractivity contribution in [1.29, 1.82) is 0 Å². The summed E-state index contributed by atoms with van der Waals surface area (Å²) in [6, 6.07) is 10.6. The van der Waals surface area contributed by atoms with Crippen LogP contribution in [0.4, 0.5) is 5.69 Å². The van der Waals surface area contributed by atoms with Crippen LogP contribution < -0.4 is 10.6 Å². The highest BCUT2D eigenvalue weighted by Gasteiger charge is 2.35. The number of likely N-dealkylation sites (tertiary alicyclic amines) is 1. The maximum absolute atomic E-state index is 12.5. The van der Waals surface area contributed by atoms with Gasteiger partial charge in [0.05, 0.1) is 6.26 Å². The van der Waals surface area contributed by atoms with Gasteiger partial charge in [-0.15, -0.1) is 0 Å². The summed E-state index contributed by atoms with van der Waals surface area (Å²) in [5.41, 5.74) is 1.62. The summed E-state index contributed by atoms with van der Waals surface area (Å²) in [7, 11) is 0. The van der Waals surface area contributed by atoms with E-state index in [9.17, 15) is 14.4 Å². The van der Waals surface area contributed by atoms with Crippen molar-refractivity contribution in [1.82, 2.24) is 10.2 Å². The molecule has 0 atom stereocenters. The van der Waals surface area contributed by atoms with Crippen LogP contribution in [0.2, 0.25) is 0 Å². The third kappa shape index (κ3) is 4.85. The summed E-state index contributed by atoms with van der Waals surface area (Å²) < 4.78 is 5.07. The van der Waals surface area contributed by atoms with Crippen molar-refractivity contribution >= 4 is 23.4 Å². The van der Waals surface area contributed by atoms with E-state index in [4.69, 9.17) is 4.42 Å². The van der Waals surface area contributed by atoms with Crippen LogP contribution in [0, 0.1) is 11.8 Å². The average Bonchev–Trinajstić information content (AvgIpc) is 3.46. The van der Waals surface area contributed by atoms with Crippen LogP contribution in [0.1, 0.15) is 41.8 Å². The van der Waals surface area contributed by atoms with Gasteiger partial charge in [-0.1, -0.05) is 12.1 Å². The number of furan rings is 1. The molecule has 2 aliphatic rings. The number of piperidine rings is 1. The predicted molar refractivity (Wildman–Crippen MR) is 107 cm³/mol. The highest BCUT2D eigenvalue weighted by atomic mass is 16.3. The van der Waals surface area contributed by atoms with E-state index in [1.807, 2.05) is 17.0 Å². The number of carbonyl (C=O) groups is 3. The number of rotatable bonds is 6. The molecule has 1 saturated heterocycles. The third-order valence-corrected chi connectivity index (χ3v) is 5.53. The Kier molecular flexibility index (Phi) is 5.64. The fourth-order valence-electron chi connectivity index (χ4n) is 3.59. The van der Waals surface area contributed by atoms with Crippen molar-refractivity contribution < 1.29 is 18.8 Å². The fraction of sp³-hybridized carbons (Fsp3) is 0.409. The fourth-order valence-corrected chi connectivity index (χ4v) is 3.59. The zero-order chi connectivity index (χ0) is 20.2. The Morgan fingerprint density at radius 3 is 2.31 bits per heavy atom. The molecule has 152 valence electrons. The van der Waals surface area contributed by atoms with Gasteiger partial charge in [0.25, 0.3) is 5.91 Å². The molecular formula is C22H25N3O4. The summed E-state index contributed by atoms with van der Waals surface area (Å²) in [5, 5.41) is 5.75. The molecule has 29 heavy (non-hydrogen) atoms. The number of anilines is 1. The van der Waals surface area contributed by atoms with Crippen LogP contribution in [0.15, 0.2) is 47.1 Å². The van der Waals surface area contributed by atoms with Crippen molar-refractivity contribution in [3.63, 3.8) is 0 Å². The molecule has 0 radical (unpaired) electrons. The lowest BCUT2D eigenvalue weighted by Crippen LogP contribution is -2.43. The summed E-state index contributed by atoms with van der Waals surface area (Å²) in [4.78, 5) is 38.4. The lowest BCUT2D eigenvalue weighted by atomic mass is 9.95. The van der Waals surface area contributed by atoms with E-state index in [0.29, 0.717) is 25.3 Å². The topological polar surface area (TPSA) is 91.7 Å². The van der Waals surface area contributed by atoms with Crippen LogP contribution in [0.3, 0.4) is 0 Å². The Hall–Kier alpha value is -3.09. The minimum absolute atomic E-state index is 0.0369.